The van der Waals surface area contributed by atoms with E-state index in [9.17, 15) is 13.6 Å². The monoisotopic (exact) mass is 482 g/mol. The Morgan fingerprint density at radius 2 is 1.91 bits per heavy atom. The number of ether oxygens (including phenoxy) is 2. The van der Waals surface area contributed by atoms with Gasteiger partial charge in [-0.1, -0.05) is 35.5 Å². The van der Waals surface area contributed by atoms with Crippen LogP contribution in [0.5, 0.6) is 11.5 Å². The zero-order valence-corrected chi connectivity index (χ0v) is 18.5. The Labute approximate surface area is 195 Å². The highest BCUT2D eigenvalue weighted by Crippen LogP contribution is 2.33. The van der Waals surface area contributed by atoms with E-state index in [4.69, 9.17) is 9.26 Å². The molecular weight excluding hydrogens is 466 g/mol. The van der Waals surface area contributed by atoms with Gasteiger partial charge in [-0.3, -0.25) is 9.36 Å². The molecule has 2 aromatic carbocycles. The number of aromatic nitrogens is 4. The number of alkyl halides is 2. The Morgan fingerprint density at radius 3 is 2.68 bits per heavy atom. The second kappa shape index (κ2) is 9.02. The number of hydrogen-bond donors (Lipinski definition) is 0. The van der Waals surface area contributed by atoms with Gasteiger partial charge in [0.25, 0.3) is 5.56 Å². The van der Waals surface area contributed by atoms with E-state index in [-0.39, 0.29) is 35.3 Å². The highest BCUT2D eigenvalue weighted by molar-refractivity contribution is 7.22. The normalized spacial score (nSPS) is 11.3. The zero-order chi connectivity index (χ0) is 23.7. The molecule has 0 unspecified atom stereocenters. The lowest BCUT2D eigenvalue weighted by Gasteiger charge is -2.10. The van der Waals surface area contributed by atoms with Crippen molar-refractivity contribution in [3.05, 3.63) is 77.2 Å². The van der Waals surface area contributed by atoms with Gasteiger partial charge in [0.15, 0.2) is 11.5 Å². The largest absolute Gasteiger partial charge is 0.493 e. The molecule has 0 spiro atoms. The van der Waals surface area contributed by atoms with E-state index < -0.39 is 6.61 Å². The van der Waals surface area contributed by atoms with Crippen LogP contribution >= 0.6 is 11.3 Å². The number of fused-ring (bicyclic) bond motifs is 1. The molecule has 0 amide bonds. The molecule has 3 heterocycles. The van der Waals surface area contributed by atoms with Gasteiger partial charge in [-0.15, -0.1) is 11.3 Å². The van der Waals surface area contributed by atoms with Gasteiger partial charge in [0, 0.05) is 10.4 Å². The van der Waals surface area contributed by atoms with Crippen molar-refractivity contribution in [2.45, 2.75) is 13.2 Å². The van der Waals surface area contributed by atoms with Gasteiger partial charge >= 0.3 is 6.61 Å². The molecule has 34 heavy (non-hydrogen) atoms. The number of hydrogen-bond acceptors (Lipinski definition) is 8. The summed E-state index contributed by atoms with van der Waals surface area (Å²) in [5, 5.41) is 3.92. The predicted molar refractivity (Wildman–Crippen MR) is 121 cm³/mol. The summed E-state index contributed by atoms with van der Waals surface area (Å²) in [5.74, 6) is 0.384. The smallest absolute Gasteiger partial charge is 0.387 e. The maximum atomic E-state index is 13.0. The lowest BCUT2D eigenvalue weighted by molar-refractivity contribution is -0.0512. The fourth-order valence-corrected chi connectivity index (χ4v) is 4.45. The van der Waals surface area contributed by atoms with Crippen molar-refractivity contribution < 1.29 is 22.8 Å². The molecule has 3 aromatic heterocycles. The molecule has 0 radical (unpaired) electrons. The Hall–Kier alpha value is -4.12. The van der Waals surface area contributed by atoms with E-state index in [1.165, 1.54) is 47.5 Å². The first-order valence-corrected chi connectivity index (χ1v) is 10.8. The molecule has 0 saturated carbocycles. The number of halogens is 2. The molecule has 0 aliphatic rings. The lowest BCUT2D eigenvalue weighted by Crippen LogP contribution is -2.20. The van der Waals surface area contributed by atoms with Crippen molar-refractivity contribution >= 4 is 21.6 Å². The van der Waals surface area contributed by atoms with Crippen LogP contribution in [-0.2, 0) is 6.54 Å². The van der Waals surface area contributed by atoms with Crippen molar-refractivity contribution in [1.82, 2.24) is 19.7 Å². The molecule has 5 rings (SSSR count). The van der Waals surface area contributed by atoms with Gasteiger partial charge in [0.05, 0.1) is 19.0 Å². The Morgan fingerprint density at radius 1 is 1.09 bits per heavy atom. The summed E-state index contributed by atoms with van der Waals surface area (Å²) in [4.78, 5) is 22.7. The van der Waals surface area contributed by atoms with E-state index in [0.717, 1.165) is 10.4 Å². The van der Waals surface area contributed by atoms with Crippen molar-refractivity contribution in [2.75, 3.05) is 7.11 Å². The van der Waals surface area contributed by atoms with Crippen molar-refractivity contribution in [2.24, 2.45) is 0 Å². The van der Waals surface area contributed by atoms with E-state index in [1.807, 2.05) is 36.4 Å². The molecule has 0 atom stereocenters. The van der Waals surface area contributed by atoms with Crippen molar-refractivity contribution in [3.8, 4) is 33.3 Å². The topological polar surface area (TPSA) is 92.3 Å². The van der Waals surface area contributed by atoms with Crippen molar-refractivity contribution in [3.63, 3.8) is 0 Å². The Kier molecular flexibility index (Phi) is 5.76. The van der Waals surface area contributed by atoms with Gasteiger partial charge in [-0.25, -0.2) is 4.98 Å². The number of methoxy groups -OCH3 is 1. The summed E-state index contributed by atoms with van der Waals surface area (Å²) in [5.41, 5.74) is 1.89. The summed E-state index contributed by atoms with van der Waals surface area (Å²) in [6, 6.07) is 16.0. The van der Waals surface area contributed by atoms with Gasteiger partial charge in [0.2, 0.25) is 11.7 Å². The van der Waals surface area contributed by atoms with Crippen LogP contribution < -0.4 is 15.0 Å². The number of thiophene rings is 1. The maximum absolute atomic E-state index is 13.0. The van der Waals surface area contributed by atoms with Gasteiger partial charge in [-0.05, 0) is 29.8 Å². The minimum absolute atomic E-state index is 0.0249. The number of rotatable bonds is 7. The van der Waals surface area contributed by atoms with Crippen LogP contribution in [0.15, 0.2) is 70.2 Å². The first-order chi connectivity index (χ1) is 16.5. The third-order valence-electron chi connectivity index (χ3n) is 4.97. The SMILES string of the molecule is COc1cc(-c2noc(Cn3cnc4cc(-c5ccccc5)sc4c3=O)n2)ccc1OC(F)F. The number of benzene rings is 2. The second-order valence-corrected chi connectivity index (χ2v) is 8.18. The first-order valence-electron chi connectivity index (χ1n) is 10.0. The standard InChI is InChI=1S/C23H16F2N4O4S/c1-31-17-9-14(7-8-16(17)32-23(24)25)21-27-19(33-28-21)11-29-12-26-15-10-18(34-20(15)22(29)30)13-5-3-2-4-6-13/h2-10,12,23H,11H2,1H3. The predicted octanol–water partition coefficient (Wildman–Crippen LogP) is 4.83. The van der Waals surface area contributed by atoms with Crippen LogP contribution in [0.1, 0.15) is 5.89 Å². The van der Waals surface area contributed by atoms with Crippen LogP contribution in [0.25, 0.3) is 32.0 Å². The quantitative estimate of drug-likeness (QED) is 0.328. The molecule has 0 bridgehead atoms. The third-order valence-corrected chi connectivity index (χ3v) is 6.14. The first kappa shape index (κ1) is 21.7. The van der Waals surface area contributed by atoms with E-state index in [2.05, 4.69) is 19.9 Å². The Balaban J connectivity index is 1.41. The Bertz CT molecular complexity index is 1510. The highest BCUT2D eigenvalue weighted by Gasteiger charge is 2.16. The molecule has 0 fully saturated rings. The van der Waals surface area contributed by atoms with Crippen LogP contribution in [0.4, 0.5) is 8.78 Å². The van der Waals surface area contributed by atoms with Gasteiger partial charge < -0.3 is 14.0 Å². The van der Waals surface area contributed by atoms with E-state index in [1.54, 1.807) is 0 Å². The summed E-state index contributed by atoms with van der Waals surface area (Å²) in [6.07, 6.45) is 1.44. The summed E-state index contributed by atoms with van der Waals surface area (Å²) < 4.78 is 41.8. The van der Waals surface area contributed by atoms with Crippen LogP contribution in [-0.4, -0.2) is 33.4 Å². The van der Waals surface area contributed by atoms with Gasteiger partial charge in [0.1, 0.15) is 11.2 Å². The highest BCUT2D eigenvalue weighted by atomic mass is 32.1. The maximum Gasteiger partial charge on any atom is 0.387 e. The minimum Gasteiger partial charge on any atom is -0.493 e. The molecule has 8 nitrogen and oxygen atoms in total. The zero-order valence-electron chi connectivity index (χ0n) is 17.6. The fraction of sp³-hybridized carbons (Fsp3) is 0.130. The molecule has 0 aliphatic heterocycles. The molecule has 5 aromatic rings. The van der Waals surface area contributed by atoms with Crippen molar-refractivity contribution in [1.29, 1.82) is 0 Å². The molecule has 0 N–H and O–H groups in total. The van der Waals surface area contributed by atoms with Crippen LogP contribution in [0, 0.1) is 0 Å². The molecule has 11 heteroatoms. The molecule has 0 saturated heterocycles. The summed E-state index contributed by atoms with van der Waals surface area (Å²) >= 11 is 1.37. The molecular formula is C23H16F2N4O4S. The third kappa shape index (κ3) is 4.25. The van der Waals surface area contributed by atoms with E-state index >= 15 is 0 Å². The van der Waals surface area contributed by atoms with Crippen LogP contribution in [0.3, 0.4) is 0 Å². The van der Waals surface area contributed by atoms with E-state index in [0.29, 0.717) is 15.8 Å². The van der Waals surface area contributed by atoms with Crippen LogP contribution in [0.2, 0.25) is 0 Å². The average molecular weight is 482 g/mol. The average Bonchev–Trinajstić information content (AvgIpc) is 3.49. The minimum atomic E-state index is -2.98. The van der Waals surface area contributed by atoms with Gasteiger partial charge in [-0.2, -0.15) is 13.8 Å². The summed E-state index contributed by atoms with van der Waals surface area (Å²) in [7, 11) is 1.34. The second-order valence-electron chi connectivity index (χ2n) is 7.12. The molecule has 0 aliphatic carbocycles. The fourth-order valence-electron chi connectivity index (χ4n) is 3.38. The molecule has 172 valence electrons. The summed E-state index contributed by atoms with van der Waals surface area (Å²) in [6.45, 7) is -2.95. The lowest BCUT2D eigenvalue weighted by atomic mass is 10.2. The number of nitrogens with zero attached hydrogens (tertiary/aromatic N) is 4.